The number of hydrogen-bond acceptors (Lipinski definition) is 3. The lowest BCUT2D eigenvalue weighted by Gasteiger charge is -2.31. The zero-order valence-electron chi connectivity index (χ0n) is 9.69. The molecular weight excluding hydrogens is 204 g/mol. The van der Waals surface area contributed by atoms with Crippen molar-refractivity contribution in [2.75, 3.05) is 11.4 Å². The van der Waals surface area contributed by atoms with E-state index in [9.17, 15) is 4.79 Å². The zero-order chi connectivity index (χ0) is 11.3. The van der Waals surface area contributed by atoms with Crippen molar-refractivity contribution in [3.8, 4) is 0 Å². The summed E-state index contributed by atoms with van der Waals surface area (Å²) in [5, 5.41) is 4.15. The molecule has 1 aliphatic carbocycles. The lowest BCUT2D eigenvalue weighted by molar-refractivity contribution is -0.122. The molecule has 2 fully saturated rings. The van der Waals surface area contributed by atoms with E-state index in [-0.39, 0.29) is 5.91 Å². The summed E-state index contributed by atoms with van der Waals surface area (Å²) in [5.41, 5.74) is 1.92. The third-order valence-electron chi connectivity index (χ3n) is 3.33. The second kappa shape index (κ2) is 3.34. The molecule has 1 amide bonds. The Morgan fingerprint density at radius 3 is 2.62 bits per heavy atom. The van der Waals surface area contributed by atoms with E-state index in [1.54, 1.807) is 0 Å². The molecule has 1 aromatic rings. The van der Waals surface area contributed by atoms with Crippen LogP contribution in [-0.4, -0.2) is 17.6 Å². The van der Waals surface area contributed by atoms with E-state index in [2.05, 4.69) is 19.0 Å². The molecular formula is C12H16N2O2. The highest BCUT2D eigenvalue weighted by Crippen LogP contribution is 2.47. The molecule has 2 aliphatic rings. The molecule has 0 N–H and O–H groups in total. The summed E-state index contributed by atoms with van der Waals surface area (Å²) in [6, 6.07) is 0. The maximum atomic E-state index is 11.6. The second-order valence-electron chi connectivity index (χ2n) is 5.01. The van der Waals surface area contributed by atoms with Gasteiger partial charge in [0.15, 0.2) is 5.76 Å². The van der Waals surface area contributed by atoms with Crippen molar-refractivity contribution in [2.24, 2.45) is 0 Å². The van der Waals surface area contributed by atoms with Gasteiger partial charge in [-0.25, -0.2) is 0 Å². The van der Waals surface area contributed by atoms with Crippen molar-refractivity contribution < 1.29 is 9.32 Å². The molecule has 0 spiro atoms. The maximum Gasteiger partial charge on any atom is 0.228 e. The van der Waals surface area contributed by atoms with Gasteiger partial charge in [-0.2, -0.15) is 0 Å². The van der Waals surface area contributed by atoms with Crippen LogP contribution in [0.2, 0.25) is 0 Å². The number of carbonyl (C=O) groups excluding carboxylic acids is 1. The Morgan fingerprint density at radius 2 is 2.19 bits per heavy atom. The third kappa shape index (κ3) is 1.36. The van der Waals surface area contributed by atoms with Crippen molar-refractivity contribution in [1.29, 1.82) is 0 Å². The Labute approximate surface area is 94.6 Å². The van der Waals surface area contributed by atoms with Crippen LogP contribution in [0.15, 0.2) is 4.52 Å². The number of amides is 1. The lowest BCUT2D eigenvalue weighted by Crippen LogP contribution is -2.44. The summed E-state index contributed by atoms with van der Waals surface area (Å²) in [5.74, 6) is 1.95. The average Bonchev–Trinajstić information content (AvgIpc) is 2.98. The van der Waals surface area contributed by atoms with Crippen LogP contribution in [0.4, 0.5) is 5.69 Å². The molecule has 0 radical (unpaired) electrons. The number of hydrogen-bond donors (Lipinski definition) is 0. The molecule has 1 aliphatic heterocycles. The van der Waals surface area contributed by atoms with E-state index in [1.807, 2.05) is 4.90 Å². The highest BCUT2D eigenvalue weighted by Gasteiger charge is 2.39. The summed E-state index contributed by atoms with van der Waals surface area (Å²) in [4.78, 5) is 13.4. The maximum absolute atomic E-state index is 11.6. The second-order valence-corrected chi connectivity index (χ2v) is 5.01. The fraction of sp³-hybridized carbons (Fsp3) is 0.667. The lowest BCUT2D eigenvalue weighted by atomic mass is 10.0. The minimum atomic E-state index is 0.201. The molecule has 1 saturated carbocycles. The summed E-state index contributed by atoms with van der Waals surface area (Å²) < 4.78 is 5.44. The Kier molecular flexibility index (Phi) is 2.06. The molecule has 1 aromatic heterocycles. The van der Waals surface area contributed by atoms with Gasteiger partial charge in [0.1, 0.15) is 11.4 Å². The highest BCUT2D eigenvalue weighted by molar-refractivity contribution is 6.00. The van der Waals surface area contributed by atoms with Crippen LogP contribution < -0.4 is 4.90 Å². The van der Waals surface area contributed by atoms with E-state index >= 15 is 0 Å². The first kappa shape index (κ1) is 9.87. The van der Waals surface area contributed by atoms with Gasteiger partial charge < -0.3 is 9.42 Å². The van der Waals surface area contributed by atoms with Gasteiger partial charge in [0.25, 0.3) is 0 Å². The molecule has 1 saturated heterocycles. The van der Waals surface area contributed by atoms with Crippen LogP contribution in [0.5, 0.6) is 0 Å². The SMILES string of the molecule is CC(C)c1noc(C2CC2)c1N1CCC1=O. The van der Waals surface area contributed by atoms with E-state index < -0.39 is 0 Å². The number of anilines is 1. The van der Waals surface area contributed by atoms with Gasteiger partial charge in [-0.3, -0.25) is 4.79 Å². The number of β-lactam (4-membered cyclic amide) rings is 1. The molecule has 0 atom stereocenters. The zero-order valence-corrected chi connectivity index (χ0v) is 9.69. The summed E-state index contributed by atoms with van der Waals surface area (Å²) in [6.45, 7) is 4.99. The molecule has 3 rings (SSSR count). The number of nitrogens with zero attached hydrogens (tertiary/aromatic N) is 2. The Morgan fingerprint density at radius 1 is 1.44 bits per heavy atom. The van der Waals surface area contributed by atoms with Gasteiger partial charge in [-0.05, 0) is 12.8 Å². The van der Waals surface area contributed by atoms with Crippen LogP contribution in [0.3, 0.4) is 0 Å². The first-order valence-corrected chi connectivity index (χ1v) is 5.98. The fourth-order valence-corrected chi connectivity index (χ4v) is 2.13. The molecule has 4 nitrogen and oxygen atoms in total. The van der Waals surface area contributed by atoms with Crippen molar-refractivity contribution in [3.05, 3.63) is 11.5 Å². The summed E-state index contributed by atoms with van der Waals surface area (Å²) in [7, 11) is 0. The summed E-state index contributed by atoms with van der Waals surface area (Å²) in [6.07, 6.45) is 3.00. The predicted molar refractivity (Wildman–Crippen MR) is 59.5 cm³/mol. The number of rotatable bonds is 3. The van der Waals surface area contributed by atoms with E-state index in [0.29, 0.717) is 18.3 Å². The van der Waals surface area contributed by atoms with Crippen molar-refractivity contribution >= 4 is 11.6 Å². The first-order chi connectivity index (χ1) is 7.68. The summed E-state index contributed by atoms with van der Waals surface area (Å²) >= 11 is 0. The topological polar surface area (TPSA) is 46.3 Å². The third-order valence-corrected chi connectivity index (χ3v) is 3.33. The van der Waals surface area contributed by atoms with Crippen LogP contribution in [0.1, 0.15) is 56.4 Å². The van der Waals surface area contributed by atoms with Crippen LogP contribution >= 0.6 is 0 Å². The molecule has 0 bridgehead atoms. The number of aromatic nitrogens is 1. The van der Waals surface area contributed by atoms with Gasteiger partial charge in [-0.1, -0.05) is 19.0 Å². The Balaban J connectivity index is 2.03. The largest absolute Gasteiger partial charge is 0.359 e. The standard InChI is InChI=1S/C12H16N2O2/c1-7(2)10-11(14-6-5-9(14)15)12(16-13-10)8-3-4-8/h7-8H,3-6H2,1-2H3. The monoisotopic (exact) mass is 220 g/mol. The van der Waals surface area contributed by atoms with Gasteiger partial charge in [0.05, 0.1) is 0 Å². The molecule has 0 aromatic carbocycles. The molecule has 0 unspecified atom stereocenters. The van der Waals surface area contributed by atoms with Gasteiger partial charge in [0, 0.05) is 24.8 Å². The first-order valence-electron chi connectivity index (χ1n) is 5.98. The van der Waals surface area contributed by atoms with Crippen LogP contribution in [0.25, 0.3) is 0 Å². The van der Waals surface area contributed by atoms with Gasteiger partial charge in [0.2, 0.25) is 5.91 Å². The Bertz CT molecular complexity index is 413. The van der Waals surface area contributed by atoms with E-state index in [1.165, 1.54) is 12.8 Å². The fourth-order valence-electron chi connectivity index (χ4n) is 2.13. The minimum Gasteiger partial charge on any atom is -0.359 e. The predicted octanol–water partition coefficient (Wildman–Crippen LogP) is 2.41. The molecule has 2 heterocycles. The van der Waals surface area contributed by atoms with Crippen molar-refractivity contribution in [1.82, 2.24) is 5.16 Å². The van der Waals surface area contributed by atoms with Crippen LogP contribution in [-0.2, 0) is 4.79 Å². The average molecular weight is 220 g/mol. The Hall–Kier alpha value is -1.32. The van der Waals surface area contributed by atoms with E-state index in [0.717, 1.165) is 23.7 Å². The normalized spacial score (nSPS) is 20.4. The smallest absolute Gasteiger partial charge is 0.228 e. The minimum absolute atomic E-state index is 0.201. The van der Waals surface area contributed by atoms with Crippen LogP contribution in [0, 0.1) is 0 Å². The molecule has 4 heteroatoms. The molecule has 86 valence electrons. The highest BCUT2D eigenvalue weighted by atomic mass is 16.5. The molecule has 16 heavy (non-hydrogen) atoms. The number of carbonyl (C=O) groups is 1. The van der Waals surface area contributed by atoms with E-state index in [4.69, 9.17) is 4.52 Å². The van der Waals surface area contributed by atoms with Crippen molar-refractivity contribution in [2.45, 2.75) is 44.9 Å². The van der Waals surface area contributed by atoms with Gasteiger partial charge >= 0.3 is 0 Å². The van der Waals surface area contributed by atoms with Crippen molar-refractivity contribution in [3.63, 3.8) is 0 Å². The van der Waals surface area contributed by atoms with Gasteiger partial charge in [-0.15, -0.1) is 0 Å². The quantitative estimate of drug-likeness (QED) is 0.735.